The largest absolute Gasteiger partial charge is 0.339 e. The van der Waals surface area contributed by atoms with Gasteiger partial charge in [-0.3, -0.25) is 9.48 Å². The van der Waals surface area contributed by atoms with E-state index in [0.29, 0.717) is 13.0 Å². The van der Waals surface area contributed by atoms with Crippen LogP contribution in [0.15, 0.2) is 30.7 Å². The van der Waals surface area contributed by atoms with Crippen LogP contribution in [-0.4, -0.2) is 32.2 Å². The topological polar surface area (TPSA) is 90.6 Å². The van der Waals surface area contributed by atoms with E-state index < -0.39 is 5.41 Å². The van der Waals surface area contributed by atoms with E-state index in [-0.39, 0.29) is 11.8 Å². The van der Waals surface area contributed by atoms with Gasteiger partial charge in [0.2, 0.25) is 5.91 Å². The zero-order chi connectivity index (χ0) is 17.9. The van der Waals surface area contributed by atoms with Crippen molar-refractivity contribution in [2.45, 2.75) is 19.3 Å². The minimum Gasteiger partial charge on any atom is -0.339 e. The van der Waals surface area contributed by atoms with Crippen LogP contribution < -0.4 is 4.90 Å². The monoisotopic (exact) mass is 346 g/mol. The molecule has 5 rings (SSSR count). The Bertz CT molecular complexity index is 1070. The number of rotatable bonds is 3. The number of aromatic amines is 1. The summed E-state index contributed by atoms with van der Waals surface area (Å²) < 4.78 is 1.75. The number of aryl methyl sites for hydroxylation is 1. The Morgan fingerprint density at radius 2 is 2.27 bits per heavy atom. The summed E-state index contributed by atoms with van der Waals surface area (Å²) in [7, 11) is 1.87. The highest BCUT2D eigenvalue weighted by molar-refractivity contribution is 6.08. The predicted octanol–water partition coefficient (Wildman–Crippen LogP) is 2.62. The maximum Gasteiger partial charge on any atom is 0.247 e. The third-order valence-electron chi connectivity index (χ3n) is 5.65. The Hall–Kier alpha value is -3.14. The van der Waals surface area contributed by atoms with Crippen LogP contribution in [0.5, 0.6) is 0 Å². The van der Waals surface area contributed by atoms with E-state index in [4.69, 9.17) is 0 Å². The summed E-state index contributed by atoms with van der Waals surface area (Å²) in [5.74, 6) is 0.165. The molecule has 130 valence electrons. The van der Waals surface area contributed by atoms with Crippen molar-refractivity contribution in [1.82, 2.24) is 19.7 Å². The molecule has 2 fully saturated rings. The summed E-state index contributed by atoms with van der Waals surface area (Å²) in [5.41, 5.74) is 2.60. The van der Waals surface area contributed by atoms with Gasteiger partial charge in [-0.25, -0.2) is 4.98 Å². The molecule has 1 amide bonds. The van der Waals surface area contributed by atoms with Gasteiger partial charge in [-0.15, -0.1) is 0 Å². The van der Waals surface area contributed by atoms with Crippen molar-refractivity contribution in [3.8, 4) is 17.3 Å². The second-order valence-corrected chi connectivity index (χ2v) is 7.24. The molecule has 4 heterocycles. The van der Waals surface area contributed by atoms with Crippen LogP contribution in [-0.2, 0) is 11.8 Å². The Morgan fingerprint density at radius 1 is 1.42 bits per heavy atom. The average Bonchev–Trinajstić information content (AvgIpc) is 3.12. The van der Waals surface area contributed by atoms with Gasteiger partial charge < -0.3 is 9.88 Å². The molecular weight excluding hydrogens is 328 g/mol. The summed E-state index contributed by atoms with van der Waals surface area (Å²) in [6.07, 6.45) is 8.00. The molecule has 1 N–H and O–H groups in total. The van der Waals surface area contributed by atoms with Gasteiger partial charge in [-0.05, 0) is 37.3 Å². The van der Waals surface area contributed by atoms with Gasteiger partial charge in [0.15, 0.2) is 0 Å². The normalized spacial score (nSPS) is 22.9. The molecule has 0 aromatic carbocycles. The summed E-state index contributed by atoms with van der Waals surface area (Å²) in [4.78, 5) is 22.6. The van der Waals surface area contributed by atoms with E-state index in [2.05, 4.69) is 21.1 Å². The predicted molar refractivity (Wildman–Crippen MR) is 96.0 cm³/mol. The summed E-state index contributed by atoms with van der Waals surface area (Å²) in [5, 5.41) is 14.8. The molecule has 1 aliphatic heterocycles. The van der Waals surface area contributed by atoms with Gasteiger partial charge in [0.25, 0.3) is 0 Å². The number of H-pyrrole nitrogens is 1. The number of hydrogen-bond acceptors (Lipinski definition) is 4. The van der Waals surface area contributed by atoms with Crippen molar-refractivity contribution in [2.24, 2.45) is 18.4 Å². The lowest BCUT2D eigenvalue weighted by molar-refractivity contribution is -0.123. The van der Waals surface area contributed by atoms with Crippen molar-refractivity contribution in [2.75, 3.05) is 11.4 Å². The fourth-order valence-electron chi connectivity index (χ4n) is 4.08. The number of fused-ring (bicyclic) bond motifs is 1. The third kappa shape index (κ3) is 2.02. The average molecular weight is 346 g/mol. The minimum absolute atomic E-state index is 0.0564. The number of nitrogens with one attached hydrogen (secondary N) is 1. The van der Waals surface area contributed by atoms with Crippen LogP contribution in [0.3, 0.4) is 0 Å². The molecule has 3 aromatic heterocycles. The van der Waals surface area contributed by atoms with Gasteiger partial charge in [0.05, 0.1) is 23.6 Å². The standard InChI is InChI=1S/C19H18N6O/c1-24-10-12(9-22-24)15-8-14-16(4-6-21-17(14)23-15)25-7-5-19(11-20,18(25)26)13-2-3-13/h4,6,8-10,13H,2-3,5,7H2,1H3,(H,21,23)/t19-/m0/s1. The minimum atomic E-state index is -0.835. The first-order valence-corrected chi connectivity index (χ1v) is 8.82. The fourth-order valence-corrected chi connectivity index (χ4v) is 4.08. The SMILES string of the molecule is Cn1cc(-c2cc3c(N4CC[C@](C#N)(C5CC5)C4=O)ccnc3[nH]2)cn1. The number of nitrogens with zero attached hydrogens (tertiary/aromatic N) is 5. The summed E-state index contributed by atoms with van der Waals surface area (Å²) >= 11 is 0. The summed E-state index contributed by atoms with van der Waals surface area (Å²) in [6.45, 7) is 0.579. The van der Waals surface area contributed by atoms with Crippen molar-refractivity contribution >= 4 is 22.6 Å². The molecular formula is C19H18N6O. The molecule has 0 radical (unpaired) electrons. The first-order chi connectivity index (χ1) is 12.6. The Morgan fingerprint density at radius 3 is 2.96 bits per heavy atom. The smallest absolute Gasteiger partial charge is 0.247 e. The first-order valence-electron chi connectivity index (χ1n) is 8.82. The van der Waals surface area contributed by atoms with Gasteiger partial charge in [-0.2, -0.15) is 10.4 Å². The van der Waals surface area contributed by atoms with Crippen LogP contribution in [0.25, 0.3) is 22.3 Å². The number of carbonyl (C=O) groups is 1. The van der Waals surface area contributed by atoms with Crippen molar-refractivity contribution in [3.63, 3.8) is 0 Å². The van der Waals surface area contributed by atoms with Gasteiger partial charge >= 0.3 is 0 Å². The lowest BCUT2D eigenvalue weighted by atomic mass is 9.83. The fraction of sp³-hybridized carbons (Fsp3) is 0.368. The van der Waals surface area contributed by atoms with Crippen LogP contribution >= 0.6 is 0 Å². The van der Waals surface area contributed by atoms with Crippen LogP contribution in [0, 0.1) is 22.7 Å². The molecule has 3 aromatic rings. The zero-order valence-electron chi connectivity index (χ0n) is 14.4. The zero-order valence-corrected chi connectivity index (χ0v) is 14.4. The van der Waals surface area contributed by atoms with E-state index in [1.807, 2.05) is 25.4 Å². The van der Waals surface area contributed by atoms with E-state index >= 15 is 0 Å². The number of aromatic nitrogens is 4. The van der Waals surface area contributed by atoms with E-state index in [1.54, 1.807) is 22.0 Å². The molecule has 7 nitrogen and oxygen atoms in total. The number of anilines is 1. The first kappa shape index (κ1) is 15.1. The number of pyridine rings is 1. The molecule has 1 atom stereocenters. The Labute approximate surface area is 150 Å². The Balaban J connectivity index is 1.58. The number of nitriles is 1. The second-order valence-electron chi connectivity index (χ2n) is 7.24. The molecule has 1 saturated carbocycles. The van der Waals surface area contributed by atoms with Crippen LogP contribution in [0.4, 0.5) is 5.69 Å². The van der Waals surface area contributed by atoms with E-state index in [1.165, 1.54) is 0 Å². The molecule has 7 heteroatoms. The third-order valence-corrected chi connectivity index (χ3v) is 5.65. The molecule has 0 bridgehead atoms. The molecule has 0 unspecified atom stereocenters. The molecule has 1 aliphatic carbocycles. The van der Waals surface area contributed by atoms with E-state index in [0.717, 1.165) is 40.8 Å². The van der Waals surface area contributed by atoms with Crippen LogP contribution in [0.1, 0.15) is 19.3 Å². The van der Waals surface area contributed by atoms with Gasteiger partial charge in [0, 0.05) is 36.9 Å². The lowest BCUT2D eigenvalue weighted by Crippen LogP contribution is -2.35. The van der Waals surface area contributed by atoms with Crippen molar-refractivity contribution < 1.29 is 4.79 Å². The second kappa shape index (κ2) is 5.18. The number of carbonyl (C=O) groups excluding carboxylic acids is 1. The van der Waals surface area contributed by atoms with Crippen molar-refractivity contribution in [1.29, 1.82) is 5.26 Å². The maximum absolute atomic E-state index is 13.1. The quantitative estimate of drug-likeness (QED) is 0.789. The molecule has 1 saturated heterocycles. The van der Waals surface area contributed by atoms with E-state index in [9.17, 15) is 10.1 Å². The highest BCUT2D eigenvalue weighted by Gasteiger charge is 2.56. The maximum atomic E-state index is 13.1. The summed E-state index contributed by atoms with van der Waals surface area (Å²) in [6, 6.07) is 6.21. The molecule has 2 aliphatic rings. The van der Waals surface area contributed by atoms with Gasteiger partial charge in [-0.1, -0.05) is 0 Å². The van der Waals surface area contributed by atoms with Gasteiger partial charge in [0.1, 0.15) is 11.1 Å². The highest BCUT2D eigenvalue weighted by Crippen LogP contribution is 2.52. The molecule has 0 spiro atoms. The lowest BCUT2D eigenvalue weighted by Gasteiger charge is -2.21. The number of hydrogen-bond donors (Lipinski definition) is 1. The van der Waals surface area contributed by atoms with Crippen molar-refractivity contribution in [3.05, 3.63) is 30.7 Å². The molecule has 26 heavy (non-hydrogen) atoms. The van der Waals surface area contributed by atoms with Crippen LogP contribution in [0.2, 0.25) is 0 Å². The Kier molecular flexibility index (Phi) is 3.02. The number of amides is 1. The highest BCUT2D eigenvalue weighted by atomic mass is 16.2.